The molecule has 0 spiro atoms. The lowest BCUT2D eigenvalue weighted by Gasteiger charge is -1.99. The van der Waals surface area contributed by atoms with Crippen LogP contribution < -0.4 is 0 Å². The molecule has 6 heteroatoms. The highest BCUT2D eigenvalue weighted by Crippen LogP contribution is 2.09. The Morgan fingerprint density at radius 1 is 1.37 bits per heavy atom. The summed E-state index contributed by atoms with van der Waals surface area (Å²) in [5, 5.41) is 16.7. The minimum atomic E-state index is -0.755. The van der Waals surface area contributed by atoms with E-state index in [0.29, 0.717) is 6.42 Å². The molecule has 0 bridgehead atoms. The number of rotatable bonds is 6. The zero-order valence-electron chi connectivity index (χ0n) is 10.8. The summed E-state index contributed by atoms with van der Waals surface area (Å²) in [6.45, 7) is 1.97. The van der Waals surface area contributed by atoms with E-state index in [9.17, 15) is 4.79 Å². The molecule has 19 heavy (non-hydrogen) atoms. The van der Waals surface area contributed by atoms with Gasteiger partial charge in [-0.15, -0.1) is 5.10 Å². The predicted molar refractivity (Wildman–Crippen MR) is 69.1 cm³/mol. The van der Waals surface area contributed by atoms with E-state index in [4.69, 9.17) is 5.11 Å². The van der Waals surface area contributed by atoms with Gasteiger partial charge in [-0.1, -0.05) is 5.21 Å². The van der Waals surface area contributed by atoms with Crippen molar-refractivity contribution in [3.8, 4) is 5.69 Å². The van der Waals surface area contributed by atoms with Crippen LogP contribution >= 0.6 is 0 Å². The number of hydrogen-bond donors (Lipinski definition) is 1. The van der Waals surface area contributed by atoms with Gasteiger partial charge in [-0.05, 0) is 37.8 Å². The maximum atomic E-state index is 10.4. The predicted octanol–water partition coefficient (Wildman–Crippen LogP) is 1.77. The summed E-state index contributed by atoms with van der Waals surface area (Å²) in [4.78, 5) is 14.5. The number of pyridine rings is 1. The average Bonchev–Trinajstić information content (AvgIpc) is 2.83. The lowest BCUT2D eigenvalue weighted by Crippen LogP contribution is -1.96. The Labute approximate surface area is 111 Å². The number of aryl methyl sites for hydroxylation is 2. The first kappa shape index (κ1) is 13.2. The Hall–Kier alpha value is -2.24. The van der Waals surface area contributed by atoms with Crippen LogP contribution in [-0.4, -0.2) is 31.1 Å². The molecular formula is C13H16N4O2. The first-order valence-corrected chi connectivity index (χ1v) is 6.20. The zero-order chi connectivity index (χ0) is 13.7. The Balaban J connectivity index is 1.94. The van der Waals surface area contributed by atoms with Gasteiger partial charge in [-0.3, -0.25) is 9.78 Å². The zero-order valence-corrected chi connectivity index (χ0v) is 10.8. The van der Waals surface area contributed by atoms with E-state index >= 15 is 0 Å². The number of unbranched alkanes of at least 4 members (excludes halogenated alkanes) is 1. The van der Waals surface area contributed by atoms with Crippen LogP contribution in [0, 0.1) is 6.92 Å². The fourth-order valence-electron chi connectivity index (χ4n) is 1.79. The van der Waals surface area contributed by atoms with Crippen molar-refractivity contribution in [2.75, 3.05) is 0 Å². The molecule has 0 unspecified atom stereocenters. The molecule has 0 amide bonds. The first-order valence-electron chi connectivity index (χ1n) is 6.20. The molecule has 1 N–H and O–H groups in total. The molecule has 2 rings (SSSR count). The molecule has 0 aliphatic carbocycles. The normalized spacial score (nSPS) is 10.6. The van der Waals surface area contributed by atoms with Crippen LogP contribution in [0.1, 0.15) is 30.5 Å². The van der Waals surface area contributed by atoms with Crippen molar-refractivity contribution in [1.82, 2.24) is 20.0 Å². The van der Waals surface area contributed by atoms with Gasteiger partial charge in [0.05, 0.1) is 23.8 Å². The van der Waals surface area contributed by atoms with Gasteiger partial charge >= 0.3 is 5.97 Å². The quantitative estimate of drug-likeness (QED) is 0.800. The van der Waals surface area contributed by atoms with E-state index in [2.05, 4.69) is 15.3 Å². The highest BCUT2D eigenvalue weighted by Gasteiger charge is 2.04. The molecule has 0 atom stereocenters. The summed E-state index contributed by atoms with van der Waals surface area (Å²) < 4.78 is 1.69. The van der Waals surface area contributed by atoms with Crippen molar-refractivity contribution in [3.05, 3.63) is 35.9 Å². The fraction of sp³-hybridized carbons (Fsp3) is 0.385. The minimum absolute atomic E-state index is 0.204. The standard InChI is InChI=1S/C13H16N4O2/c1-10-6-12(8-14-7-10)17-9-11(15-16-17)4-2-3-5-13(18)19/h6-9H,2-5H2,1H3,(H,18,19). The van der Waals surface area contributed by atoms with Crippen molar-refractivity contribution < 1.29 is 9.90 Å². The Morgan fingerprint density at radius 2 is 2.21 bits per heavy atom. The van der Waals surface area contributed by atoms with E-state index < -0.39 is 5.97 Å². The molecule has 6 nitrogen and oxygen atoms in total. The fourth-order valence-corrected chi connectivity index (χ4v) is 1.79. The summed E-state index contributed by atoms with van der Waals surface area (Å²) in [5.41, 5.74) is 2.81. The van der Waals surface area contributed by atoms with E-state index in [1.54, 1.807) is 17.1 Å². The van der Waals surface area contributed by atoms with E-state index in [-0.39, 0.29) is 6.42 Å². The third-order valence-corrected chi connectivity index (χ3v) is 2.74. The minimum Gasteiger partial charge on any atom is -0.481 e. The van der Waals surface area contributed by atoms with Crippen LogP contribution in [0.4, 0.5) is 0 Å². The maximum absolute atomic E-state index is 10.4. The van der Waals surface area contributed by atoms with Crippen molar-refractivity contribution in [2.45, 2.75) is 32.6 Å². The van der Waals surface area contributed by atoms with Crippen LogP contribution in [0.25, 0.3) is 5.69 Å². The first-order chi connectivity index (χ1) is 9.15. The third kappa shape index (κ3) is 3.87. The lowest BCUT2D eigenvalue weighted by molar-refractivity contribution is -0.137. The molecule has 100 valence electrons. The van der Waals surface area contributed by atoms with Crippen LogP contribution in [-0.2, 0) is 11.2 Å². The second-order valence-corrected chi connectivity index (χ2v) is 4.48. The van der Waals surface area contributed by atoms with Gasteiger partial charge < -0.3 is 5.11 Å². The third-order valence-electron chi connectivity index (χ3n) is 2.74. The Bertz CT molecular complexity index is 565. The number of hydrogen-bond acceptors (Lipinski definition) is 4. The van der Waals surface area contributed by atoms with Gasteiger partial charge in [0.1, 0.15) is 0 Å². The SMILES string of the molecule is Cc1cncc(-n2cc(CCCCC(=O)O)nn2)c1. The molecular weight excluding hydrogens is 244 g/mol. The molecule has 0 radical (unpaired) electrons. The summed E-state index contributed by atoms with van der Waals surface area (Å²) in [6.07, 6.45) is 7.79. The number of carbonyl (C=O) groups is 1. The van der Waals surface area contributed by atoms with Crippen molar-refractivity contribution in [2.24, 2.45) is 0 Å². The van der Waals surface area contributed by atoms with Crippen LogP contribution in [0.15, 0.2) is 24.7 Å². The molecule has 2 aromatic rings. The number of carboxylic acids is 1. The van der Waals surface area contributed by atoms with E-state index in [0.717, 1.165) is 29.8 Å². The molecule has 0 saturated carbocycles. The van der Waals surface area contributed by atoms with Crippen LogP contribution in [0.5, 0.6) is 0 Å². The molecule has 0 aromatic carbocycles. The van der Waals surface area contributed by atoms with E-state index in [1.807, 2.05) is 19.2 Å². The summed E-state index contributed by atoms with van der Waals surface area (Å²) in [5.74, 6) is -0.755. The number of aliphatic carboxylic acids is 1. The number of carboxylic acid groups (broad SMARTS) is 1. The van der Waals surface area contributed by atoms with Crippen LogP contribution in [0.3, 0.4) is 0 Å². The molecule has 0 aliphatic heterocycles. The Kier molecular flexibility index (Phi) is 4.22. The number of nitrogens with zero attached hydrogens (tertiary/aromatic N) is 4. The van der Waals surface area contributed by atoms with Gasteiger partial charge in [0.2, 0.25) is 0 Å². The van der Waals surface area contributed by atoms with Gasteiger partial charge in [0.25, 0.3) is 0 Å². The highest BCUT2D eigenvalue weighted by atomic mass is 16.4. The largest absolute Gasteiger partial charge is 0.481 e. The van der Waals surface area contributed by atoms with Gasteiger partial charge in [-0.25, -0.2) is 4.68 Å². The highest BCUT2D eigenvalue weighted by molar-refractivity contribution is 5.66. The lowest BCUT2D eigenvalue weighted by atomic mass is 10.1. The second-order valence-electron chi connectivity index (χ2n) is 4.48. The summed E-state index contributed by atoms with van der Waals surface area (Å²) in [6, 6.07) is 1.98. The van der Waals surface area contributed by atoms with Crippen molar-refractivity contribution >= 4 is 5.97 Å². The topological polar surface area (TPSA) is 80.9 Å². The van der Waals surface area contributed by atoms with Gasteiger partial charge in [0, 0.05) is 12.6 Å². The smallest absolute Gasteiger partial charge is 0.303 e. The van der Waals surface area contributed by atoms with Crippen molar-refractivity contribution in [3.63, 3.8) is 0 Å². The van der Waals surface area contributed by atoms with Gasteiger partial charge in [-0.2, -0.15) is 0 Å². The molecule has 2 heterocycles. The van der Waals surface area contributed by atoms with E-state index in [1.165, 1.54) is 0 Å². The van der Waals surface area contributed by atoms with Crippen LogP contribution in [0.2, 0.25) is 0 Å². The average molecular weight is 260 g/mol. The van der Waals surface area contributed by atoms with Gasteiger partial charge in [0.15, 0.2) is 0 Å². The maximum Gasteiger partial charge on any atom is 0.303 e. The summed E-state index contributed by atoms with van der Waals surface area (Å²) >= 11 is 0. The molecule has 0 fully saturated rings. The number of aromatic nitrogens is 4. The molecule has 2 aromatic heterocycles. The Morgan fingerprint density at radius 3 is 2.95 bits per heavy atom. The monoisotopic (exact) mass is 260 g/mol. The summed E-state index contributed by atoms with van der Waals surface area (Å²) in [7, 11) is 0. The molecule has 0 aliphatic rings. The van der Waals surface area contributed by atoms with Crippen molar-refractivity contribution in [1.29, 1.82) is 0 Å². The second kappa shape index (κ2) is 6.08. The molecule has 0 saturated heterocycles.